The second kappa shape index (κ2) is 6.34. The van der Waals surface area contributed by atoms with Gasteiger partial charge < -0.3 is 14.7 Å². The molecule has 4 rings (SSSR count). The van der Waals surface area contributed by atoms with Crippen LogP contribution in [-0.2, 0) is 4.74 Å². The highest BCUT2D eigenvalue weighted by Gasteiger charge is 2.45. The molecular formula is C21H31NO2. The SMILES string of the molecule is CCOCC1(O)CCC2(CCN(c3ccc(C4CC4)cc3)C2)CC1. The maximum Gasteiger partial charge on any atom is 0.0880 e. The number of benzene rings is 1. The van der Waals surface area contributed by atoms with E-state index in [0.29, 0.717) is 18.6 Å². The van der Waals surface area contributed by atoms with Gasteiger partial charge in [-0.1, -0.05) is 12.1 Å². The number of hydrogen-bond acceptors (Lipinski definition) is 3. The maximum atomic E-state index is 10.7. The lowest BCUT2D eigenvalue weighted by Crippen LogP contribution is -2.43. The minimum atomic E-state index is -0.583. The Morgan fingerprint density at radius 3 is 2.42 bits per heavy atom. The summed E-state index contributed by atoms with van der Waals surface area (Å²) in [5.74, 6) is 0.838. The second-order valence-corrected chi connectivity index (χ2v) is 8.40. The number of ether oxygens (including phenoxy) is 1. The molecule has 3 heteroatoms. The normalized spacial score (nSPS) is 33.3. The zero-order valence-electron chi connectivity index (χ0n) is 15.0. The summed E-state index contributed by atoms with van der Waals surface area (Å²) in [7, 11) is 0. The van der Waals surface area contributed by atoms with E-state index in [1.165, 1.54) is 30.5 Å². The van der Waals surface area contributed by atoms with Crippen LogP contribution in [0, 0.1) is 5.41 Å². The quantitative estimate of drug-likeness (QED) is 0.883. The van der Waals surface area contributed by atoms with Crippen LogP contribution < -0.4 is 4.90 Å². The molecule has 1 saturated heterocycles. The van der Waals surface area contributed by atoms with Gasteiger partial charge in [0, 0.05) is 25.4 Å². The Labute approximate surface area is 146 Å². The number of nitrogens with zero attached hydrogens (tertiary/aromatic N) is 1. The van der Waals surface area contributed by atoms with E-state index in [1.807, 2.05) is 6.92 Å². The molecule has 2 aliphatic carbocycles. The molecule has 0 bridgehead atoms. The molecule has 1 aromatic rings. The van der Waals surface area contributed by atoms with Crippen LogP contribution in [0.5, 0.6) is 0 Å². The Kier molecular flexibility index (Phi) is 4.34. The first-order valence-electron chi connectivity index (χ1n) is 9.77. The van der Waals surface area contributed by atoms with Gasteiger partial charge >= 0.3 is 0 Å². The molecule has 3 fully saturated rings. The molecule has 132 valence electrons. The monoisotopic (exact) mass is 329 g/mol. The lowest BCUT2D eigenvalue weighted by Gasteiger charge is -2.42. The van der Waals surface area contributed by atoms with Crippen molar-refractivity contribution in [3.63, 3.8) is 0 Å². The van der Waals surface area contributed by atoms with Crippen molar-refractivity contribution >= 4 is 5.69 Å². The zero-order valence-corrected chi connectivity index (χ0v) is 15.0. The van der Waals surface area contributed by atoms with E-state index in [0.717, 1.165) is 44.7 Å². The molecule has 0 aromatic heterocycles. The molecule has 1 N–H and O–H groups in total. The fraction of sp³-hybridized carbons (Fsp3) is 0.714. The Hall–Kier alpha value is -1.06. The predicted octanol–water partition coefficient (Wildman–Crippen LogP) is 4.10. The smallest absolute Gasteiger partial charge is 0.0880 e. The van der Waals surface area contributed by atoms with Crippen molar-refractivity contribution in [3.05, 3.63) is 29.8 Å². The fourth-order valence-electron chi connectivity index (χ4n) is 4.62. The average Bonchev–Trinajstić information content (AvgIpc) is 3.38. The van der Waals surface area contributed by atoms with E-state index in [4.69, 9.17) is 4.74 Å². The van der Waals surface area contributed by atoms with Crippen molar-refractivity contribution in [1.82, 2.24) is 0 Å². The second-order valence-electron chi connectivity index (χ2n) is 8.40. The standard InChI is InChI=1S/C21H31NO2/c1-2-24-16-21(23)11-9-20(10-12-21)13-14-22(15-20)19-7-5-18(6-8-19)17-3-4-17/h5-8,17,23H,2-4,9-16H2,1H3. The van der Waals surface area contributed by atoms with E-state index in [2.05, 4.69) is 29.2 Å². The molecule has 3 nitrogen and oxygen atoms in total. The highest BCUT2D eigenvalue weighted by atomic mass is 16.5. The van der Waals surface area contributed by atoms with Crippen LogP contribution in [0.1, 0.15) is 63.4 Å². The van der Waals surface area contributed by atoms with Gasteiger partial charge in [-0.2, -0.15) is 0 Å². The predicted molar refractivity (Wildman–Crippen MR) is 97.6 cm³/mol. The lowest BCUT2D eigenvalue weighted by molar-refractivity contribution is -0.0848. The average molecular weight is 329 g/mol. The summed E-state index contributed by atoms with van der Waals surface area (Å²) < 4.78 is 5.49. The molecule has 0 unspecified atom stereocenters. The molecule has 2 saturated carbocycles. The van der Waals surface area contributed by atoms with Gasteiger partial charge in [-0.05, 0) is 80.9 Å². The van der Waals surface area contributed by atoms with Gasteiger partial charge in [0.25, 0.3) is 0 Å². The highest BCUT2D eigenvalue weighted by Crippen LogP contribution is 2.48. The third-order valence-corrected chi connectivity index (χ3v) is 6.56. The first-order chi connectivity index (χ1) is 11.6. The van der Waals surface area contributed by atoms with Crippen molar-refractivity contribution in [2.24, 2.45) is 5.41 Å². The summed E-state index contributed by atoms with van der Waals surface area (Å²) in [6.07, 6.45) is 8.05. The summed E-state index contributed by atoms with van der Waals surface area (Å²) in [4.78, 5) is 2.56. The molecule has 0 atom stereocenters. The van der Waals surface area contributed by atoms with Gasteiger partial charge in [-0.3, -0.25) is 0 Å². The Morgan fingerprint density at radius 1 is 1.08 bits per heavy atom. The van der Waals surface area contributed by atoms with E-state index < -0.39 is 5.60 Å². The summed E-state index contributed by atoms with van der Waals surface area (Å²) in [6.45, 7) is 5.51. The molecule has 0 amide bonds. The van der Waals surface area contributed by atoms with Crippen LogP contribution in [-0.4, -0.2) is 37.0 Å². The van der Waals surface area contributed by atoms with Gasteiger partial charge in [0.05, 0.1) is 12.2 Å². The van der Waals surface area contributed by atoms with E-state index >= 15 is 0 Å². The van der Waals surface area contributed by atoms with Crippen molar-refractivity contribution in [2.45, 2.75) is 63.4 Å². The molecule has 1 aromatic carbocycles. The Morgan fingerprint density at radius 2 is 1.79 bits per heavy atom. The topological polar surface area (TPSA) is 32.7 Å². The minimum Gasteiger partial charge on any atom is -0.387 e. The lowest BCUT2D eigenvalue weighted by atomic mass is 9.68. The van der Waals surface area contributed by atoms with Gasteiger partial charge in [0.1, 0.15) is 0 Å². The third-order valence-electron chi connectivity index (χ3n) is 6.56. The van der Waals surface area contributed by atoms with Crippen LogP contribution in [0.2, 0.25) is 0 Å². The number of hydrogen-bond donors (Lipinski definition) is 1. The maximum absolute atomic E-state index is 10.7. The summed E-state index contributed by atoms with van der Waals surface area (Å²) in [6, 6.07) is 9.31. The Balaban J connectivity index is 1.36. The molecule has 1 spiro atoms. The zero-order chi connectivity index (χ0) is 16.6. The molecule has 3 aliphatic rings. The summed E-state index contributed by atoms with van der Waals surface area (Å²) in [5.41, 5.74) is 2.73. The minimum absolute atomic E-state index is 0.410. The van der Waals surface area contributed by atoms with Crippen LogP contribution >= 0.6 is 0 Å². The van der Waals surface area contributed by atoms with Crippen LogP contribution in [0.3, 0.4) is 0 Å². The molecule has 24 heavy (non-hydrogen) atoms. The molecule has 1 aliphatic heterocycles. The molecule has 1 heterocycles. The van der Waals surface area contributed by atoms with Gasteiger partial charge in [0.2, 0.25) is 0 Å². The van der Waals surface area contributed by atoms with Gasteiger partial charge in [-0.15, -0.1) is 0 Å². The van der Waals surface area contributed by atoms with Crippen molar-refractivity contribution < 1.29 is 9.84 Å². The number of anilines is 1. The van der Waals surface area contributed by atoms with Gasteiger partial charge in [-0.25, -0.2) is 0 Å². The van der Waals surface area contributed by atoms with E-state index in [9.17, 15) is 5.11 Å². The van der Waals surface area contributed by atoms with Crippen LogP contribution in [0.4, 0.5) is 5.69 Å². The first-order valence-corrected chi connectivity index (χ1v) is 9.77. The summed E-state index contributed by atoms with van der Waals surface area (Å²) >= 11 is 0. The Bertz CT molecular complexity index is 556. The highest BCUT2D eigenvalue weighted by molar-refractivity contribution is 5.50. The van der Waals surface area contributed by atoms with E-state index in [1.54, 1.807) is 0 Å². The fourth-order valence-corrected chi connectivity index (χ4v) is 4.62. The summed E-state index contributed by atoms with van der Waals surface area (Å²) in [5, 5.41) is 10.7. The third kappa shape index (κ3) is 3.34. The molecule has 0 radical (unpaired) electrons. The van der Waals surface area contributed by atoms with Crippen molar-refractivity contribution in [1.29, 1.82) is 0 Å². The first kappa shape index (κ1) is 16.4. The number of rotatable bonds is 5. The van der Waals surface area contributed by atoms with Crippen LogP contribution in [0.25, 0.3) is 0 Å². The van der Waals surface area contributed by atoms with Gasteiger partial charge in [0.15, 0.2) is 0 Å². The number of aliphatic hydroxyl groups is 1. The van der Waals surface area contributed by atoms with Crippen molar-refractivity contribution in [2.75, 3.05) is 31.2 Å². The van der Waals surface area contributed by atoms with E-state index in [-0.39, 0.29) is 0 Å². The van der Waals surface area contributed by atoms with Crippen molar-refractivity contribution in [3.8, 4) is 0 Å². The largest absolute Gasteiger partial charge is 0.387 e. The van der Waals surface area contributed by atoms with Crippen LogP contribution in [0.15, 0.2) is 24.3 Å². The molecular weight excluding hydrogens is 298 g/mol.